The molecular weight excluding hydrogens is 434 g/mol. The van der Waals surface area contributed by atoms with Crippen LogP contribution in [0, 0.1) is 5.82 Å². The molecule has 0 saturated carbocycles. The average molecular weight is 451 g/mol. The lowest BCUT2D eigenvalue weighted by Gasteiger charge is -2.13. The summed E-state index contributed by atoms with van der Waals surface area (Å²) in [6, 6.07) is 5.03. The number of amides is 1. The molecule has 11 heteroatoms. The molecule has 1 aliphatic rings. The number of rotatable bonds is 6. The number of anilines is 2. The second kappa shape index (κ2) is 8.23. The lowest BCUT2D eigenvalue weighted by Crippen LogP contribution is -2.31. The molecule has 3 heterocycles. The van der Waals surface area contributed by atoms with Crippen LogP contribution in [0.25, 0.3) is 10.4 Å². The van der Waals surface area contributed by atoms with Gasteiger partial charge in [-0.1, -0.05) is 17.4 Å². The number of pyridine rings is 1. The lowest BCUT2D eigenvalue weighted by atomic mass is 10.1. The predicted molar refractivity (Wildman–Crippen MR) is 109 cm³/mol. The number of benzene rings is 1. The van der Waals surface area contributed by atoms with Crippen molar-refractivity contribution < 1.29 is 22.4 Å². The monoisotopic (exact) mass is 451 g/mol. The molecule has 1 amide bonds. The minimum Gasteiger partial charge on any atom is -0.360 e. The van der Waals surface area contributed by atoms with Gasteiger partial charge in [-0.2, -0.15) is 13.2 Å². The van der Waals surface area contributed by atoms with Crippen LogP contribution in [0.3, 0.4) is 0 Å². The Balaban J connectivity index is 1.36. The first-order valence-corrected chi connectivity index (χ1v) is 10.1. The van der Waals surface area contributed by atoms with Gasteiger partial charge in [0.05, 0.1) is 17.0 Å². The van der Waals surface area contributed by atoms with Gasteiger partial charge in [0.15, 0.2) is 5.13 Å². The number of hydrogen-bond acceptors (Lipinski definition) is 6. The van der Waals surface area contributed by atoms with E-state index in [1.54, 1.807) is 12.3 Å². The van der Waals surface area contributed by atoms with Gasteiger partial charge in [0.2, 0.25) is 5.91 Å². The van der Waals surface area contributed by atoms with Crippen LogP contribution in [-0.4, -0.2) is 28.5 Å². The van der Waals surface area contributed by atoms with Crippen molar-refractivity contribution in [2.75, 3.05) is 17.2 Å². The Kier molecular flexibility index (Phi) is 5.63. The number of alkyl halides is 3. The van der Waals surface area contributed by atoms with E-state index >= 15 is 0 Å². The Morgan fingerprint density at radius 1 is 1.23 bits per heavy atom. The molecule has 1 atom stereocenters. The molecule has 162 valence electrons. The van der Waals surface area contributed by atoms with Gasteiger partial charge in [0, 0.05) is 25.0 Å². The third-order valence-electron chi connectivity index (χ3n) is 4.71. The van der Waals surface area contributed by atoms with Crippen molar-refractivity contribution in [2.45, 2.75) is 25.1 Å². The SMILES string of the molecule is N[C@@H](CNc1ncc(-c2cc(F)c3c(c2)CC(=O)N3)s1)Cc1ccc(C(F)(F)F)nc1. The van der Waals surface area contributed by atoms with E-state index in [2.05, 4.69) is 20.6 Å². The molecule has 0 radical (unpaired) electrons. The van der Waals surface area contributed by atoms with Gasteiger partial charge in [0.25, 0.3) is 0 Å². The van der Waals surface area contributed by atoms with Gasteiger partial charge in [-0.3, -0.25) is 9.78 Å². The minimum absolute atomic E-state index is 0.137. The zero-order valence-corrected chi connectivity index (χ0v) is 16.8. The first kappa shape index (κ1) is 21.2. The lowest BCUT2D eigenvalue weighted by molar-refractivity contribution is -0.141. The number of hydrogen-bond donors (Lipinski definition) is 3. The molecule has 2 aromatic heterocycles. The van der Waals surface area contributed by atoms with Gasteiger partial charge >= 0.3 is 6.18 Å². The summed E-state index contributed by atoms with van der Waals surface area (Å²) < 4.78 is 52.0. The highest BCUT2D eigenvalue weighted by Crippen LogP contribution is 2.35. The van der Waals surface area contributed by atoms with Crippen molar-refractivity contribution in [2.24, 2.45) is 5.73 Å². The third kappa shape index (κ3) is 4.83. The Morgan fingerprint density at radius 3 is 2.74 bits per heavy atom. The molecular formula is C20H17F4N5OS. The molecule has 6 nitrogen and oxygen atoms in total. The van der Waals surface area contributed by atoms with Crippen LogP contribution in [0.1, 0.15) is 16.8 Å². The van der Waals surface area contributed by atoms with Crippen molar-refractivity contribution in [3.8, 4) is 10.4 Å². The van der Waals surface area contributed by atoms with E-state index in [0.29, 0.717) is 34.8 Å². The zero-order valence-electron chi connectivity index (χ0n) is 16.0. The van der Waals surface area contributed by atoms with Crippen LogP contribution in [-0.2, 0) is 23.8 Å². The Labute approximate surface area is 178 Å². The summed E-state index contributed by atoms with van der Waals surface area (Å²) in [7, 11) is 0. The van der Waals surface area contributed by atoms with E-state index in [1.807, 2.05) is 0 Å². The summed E-state index contributed by atoms with van der Waals surface area (Å²) >= 11 is 1.31. The molecule has 31 heavy (non-hydrogen) atoms. The third-order valence-corrected chi connectivity index (χ3v) is 5.71. The van der Waals surface area contributed by atoms with E-state index in [1.165, 1.54) is 29.7 Å². The normalized spacial score (nSPS) is 14.3. The highest BCUT2D eigenvalue weighted by Gasteiger charge is 2.32. The summed E-state index contributed by atoms with van der Waals surface area (Å²) in [5, 5.41) is 6.16. The van der Waals surface area contributed by atoms with Crippen molar-refractivity contribution in [3.05, 3.63) is 59.3 Å². The molecule has 0 unspecified atom stereocenters. The van der Waals surface area contributed by atoms with Crippen LogP contribution in [0.5, 0.6) is 0 Å². The standard InChI is InChI=1S/C20H17F4N5OS/c21-14-5-11(4-12-6-17(30)29-18(12)14)15-9-28-19(31-15)27-8-13(25)3-10-1-2-16(26-7-10)20(22,23)24/h1-2,4-5,7,9,13H,3,6,8,25H2,(H,27,28)(H,29,30)/t13-/m1/s1. The van der Waals surface area contributed by atoms with Crippen LogP contribution < -0.4 is 16.4 Å². The van der Waals surface area contributed by atoms with Crippen LogP contribution in [0.4, 0.5) is 28.4 Å². The molecule has 0 bridgehead atoms. The molecule has 0 spiro atoms. The maximum absolute atomic E-state index is 14.2. The zero-order chi connectivity index (χ0) is 22.2. The van der Waals surface area contributed by atoms with Crippen molar-refractivity contribution in [3.63, 3.8) is 0 Å². The number of thiazole rings is 1. The summed E-state index contributed by atoms with van der Waals surface area (Å²) in [6.07, 6.45) is -1.22. The molecule has 0 saturated heterocycles. The second-order valence-electron chi connectivity index (χ2n) is 7.14. The molecule has 0 fully saturated rings. The maximum Gasteiger partial charge on any atom is 0.433 e. The van der Waals surface area contributed by atoms with Crippen molar-refractivity contribution >= 4 is 28.1 Å². The first-order valence-electron chi connectivity index (χ1n) is 9.29. The first-order chi connectivity index (χ1) is 14.7. The predicted octanol–water partition coefficient (Wildman–Crippen LogP) is 3.84. The number of nitrogens with one attached hydrogen (secondary N) is 2. The van der Waals surface area contributed by atoms with Crippen molar-refractivity contribution in [1.29, 1.82) is 0 Å². The van der Waals surface area contributed by atoms with Crippen LogP contribution in [0.2, 0.25) is 0 Å². The fraction of sp³-hybridized carbons (Fsp3) is 0.250. The quantitative estimate of drug-likeness (QED) is 0.496. The van der Waals surface area contributed by atoms with Gasteiger partial charge in [0.1, 0.15) is 11.5 Å². The summed E-state index contributed by atoms with van der Waals surface area (Å²) in [6.45, 7) is 0.338. The van der Waals surface area contributed by atoms with Gasteiger partial charge in [-0.05, 0) is 41.3 Å². The van der Waals surface area contributed by atoms with Gasteiger partial charge in [-0.15, -0.1) is 0 Å². The highest BCUT2D eigenvalue weighted by atomic mass is 32.1. The van der Waals surface area contributed by atoms with Gasteiger partial charge < -0.3 is 16.4 Å². The largest absolute Gasteiger partial charge is 0.433 e. The molecule has 0 aliphatic carbocycles. The summed E-state index contributed by atoms with van der Waals surface area (Å²) in [5.74, 6) is -0.733. The number of halogens is 4. The number of aromatic nitrogens is 2. The second-order valence-corrected chi connectivity index (χ2v) is 8.17. The maximum atomic E-state index is 14.2. The van der Waals surface area contributed by atoms with E-state index in [9.17, 15) is 22.4 Å². The smallest absolute Gasteiger partial charge is 0.360 e. The summed E-state index contributed by atoms with van der Waals surface area (Å²) in [4.78, 5) is 19.9. The van der Waals surface area contributed by atoms with E-state index in [0.717, 1.165) is 10.9 Å². The fourth-order valence-electron chi connectivity index (χ4n) is 3.24. The Morgan fingerprint density at radius 2 is 2.03 bits per heavy atom. The average Bonchev–Trinajstić information content (AvgIpc) is 3.32. The van der Waals surface area contributed by atoms with Crippen molar-refractivity contribution in [1.82, 2.24) is 9.97 Å². The van der Waals surface area contributed by atoms with E-state index in [-0.39, 0.29) is 24.1 Å². The van der Waals surface area contributed by atoms with E-state index in [4.69, 9.17) is 5.73 Å². The fourth-order valence-corrected chi connectivity index (χ4v) is 4.05. The van der Waals surface area contributed by atoms with Crippen LogP contribution in [0.15, 0.2) is 36.7 Å². The number of fused-ring (bicyclic) bond motifs is 1. The molecule has 4 rings (SSSR count). The highest BCUT2D eigenvalue weighted by molar-refractivity contribution is 7.18. The minimum atomic E-state index is -4.47. The Hall–Kier alpha value is -3.05. The molecule has 4 N–H and O–H groups in total. The molecule has 3 aromatic rings. The van der Waals surface area contributed by atoms with Crippen LogP contribution >= 0.6 is 11.3 Å². The number of carbonyl (C=O) groups is 1. The van der Waals surface area contributed by atoms with Gasteiger partial charge in [-0.25, -0.2) is 9.37 Å². The topological polar surface area (TPSA) is 92.9 Å². The molecule has 1 aliphatic heterocycles. The van der Waals surface area contributed by atoms with E-state index < -0.39 is 17.7 Å². The number of carbonyl (C=O) groups excluding carboxylic acids is 1. The Bertz CT molecular complexity index is 1110. The number of nitrogens with two attached hydrogens (primary N) is 1. The molecule has 1 aromatic carbocycles. The summed E-state index contributed by atoms with van der Waals surface area (Å²) in [5.41, 5.74) is 7.17. The number of nitrogens with zero attached hydrogens (tertiary/aromatic N) is 2.